The highest BCUT2D eigenvalue weighted by atomic mass is 35.5. The van der Waals surface area contributed by atoms with Crippen LogP contribution in [-0.2, 0) is 21.4 Å². The molecule has 0 saturated carbocycles. The summed E-state index contributed by atoms with van der Waals surface area (Å²) in [6.07, 6.45) is 4.36. The average Bonchev–Trinajstić information content (AvgIpc) is 3.15. The third kappa shape index (κ3) is 4.60. The summed E-state index contributed by atoms with van der Waals surface area (Å²) in [5, 5.41) is 7.75. The number of benzene rings is 1. The number of hydrogen-bond acceptors (Lipinski definition) is 5. The molecule has 3 rings (SSSR count). The molecule has 27 heavy (non-hydrogen) atoms. The Hall–Kier alpha value is -1.68. The van der Waals surface area contributed by atoms with E-state index >= 15 is 0 Å². The molecule has 1 aliphatic heterocycles. The average molecular weight is 432 g/mol. The van der Waals surface area contributed by atoms with Gasteiger partial charge in [-0.1, -0.05) is 34.5 Å². The Morgan fingerprint density at radius 1 is 1.11 bits per heavy atom. The van der Waals surface area contributed by atoms with Crippen LogP contribution in [0.25, 0.3) is 0 Å². The second-order valence-electron chi connectivity index (χ2n) is 6.11. The van der Waals surface area contributed by atoms with Gasteiger partial charge < -0.3 is 4.90 Å². The Labute approximate surface area is 167 Å². The molecule has 0 bridgehead atoms. The molecule has 1 aliphatic rings. The van der Waals surface area contributed by atoms with Gasteiger partial charge in [0.1, 0.15) is 4.90 Å². The van der Waals surface area contributed by atoms with Crippen LogP contribution >= 0.6 is 23.2 Å². The zero-order valence-corrected chi connectivity index (χ0v) is 16.8. The minimum Gasteiger partial charge on any atom is -0.340 e. The Balaban J connectivity index is 1.55. The highest BCUT2D eigenvalue weighted by Crippen LogP contribution is 2.31. The van der Waals surface area contributed by atoms with Crippen molar-refractivity contribution in [2.45, 2.75) is 24.3 Å². The molecule has 11 heteroatoms. The van der Waals surface area contributed by atoms with Crippen molar-refractivity contribution >= 4 is 39.1 Å². The maximum Gasteiger partial charge on any atom is 0.246 e. The van der Waals surface area contributed by atoms with Gasteiger partial charge in [0.25, 0.3) is 0 Å². The third-order valence-corrected chi connectivity index (χ3v) is 7.21. The van der Waals surface area contributed by atoms with Gasteiger partial charge in [0.15, 0.2) is 0 Å². The number of piperazine rings is 1. The second-order valence-corrected chi connectivity index (χ2v) is 8.79. The van der Waals surface area contributed by atoms with Crippen molar-refractivity contribution < 1.29 is 13.2 Å². The normalized spacial score (nSPS) is 15.9. The molecule has 0 spiro atoms. The molecular formula is C16H19Cl2N5O3S. The molecule has 146 valence electrons. The molecule has 0 unspecified atom stereocenters. The number of carbonyl (C=O) groups excluding carboxylic acids is 1. The van der Waals surface area contributed by atoms with Crippen molar-refractivity contribution in [1.82, 2.24) is 24.2 Å². The van der Waals surface area contributed by atoms with Crippen LogP contribution in [0.4, 0.5) is 0 Å². The van der Waals surface area contributed by atoms with Gasteiger partial charge >= 0.3 is 0 Å². The van der Waals surface area contributed by atoms with E-state index in [1.165, 1.54) is 16.4 Å². The Morgan fingerprint density at radius 2 is 1.78 bits per heavy atom. The number of amides is 1. The van der Waals surface area contributed by atoms with E-state index in [0.29, 0.717) is 32.5 Å². The van der Waals surface area contributed by atoms with E-state index in [4.69, 9.17) is 23.2 Å². The summed E-state index contributed by atoms with van der Waals surface area (Å²) in [5.74, 6) is 0.00272. The van der Waals surface area contributed by atoms with Crippen LogP contribution < -0.4 is 0 Å². The fourth-order valence-corrected chi connectivity index (χ4v) is 5.45. The highest BCUT2D eigenvalue weighted by Gasteiger charge is 2.32. The molecule has 1 aromatic heterocycles. The van der Waals surface area contributed by atoms with Gasteiger partial charge in [0, 0.05) is 45.3 Å². The molecule has 0 atom stereocenters. The van der Waals surface area contributed by atoms with Crippen molar-refractivity contribution in [2.24, 2.45) is 0 Å². The lowest BCUT2D eigenvalue weighted by Crippen LogP contribution is -2.50. The third-order valence-electron chi connectivity index (χ3n) is 4.36. The summed E-state index contributed by atoms with van der Waals surface area (Å²) in [7, 11) is -3.81. The van der Waals surface area contributed by atoms with Crippen molar-refractivity contribution in [3.05, 3.63) is 40.6 Å². The number of aromatic nitrogens is 3. The fourth-order valence-electron chi connectivity index (χ4n) is 2.94. The number of halogens is 2. The lowest BCUT2D eigenvalue weighted by Gasteiger charge is -2.34. The number of rotatable bonds is 6. The summed E-state index contributed by atoms with van der Waals surface area (Å²) >= 11 is 12.1. The minimum absolute atomic E-state index is 0.00272. The molecule has 2 heterocycles. The zero-order valence-electron chi connectivity index (χ0n) is 14.5. The molecule has 0 radical (unpaired) electrons. The largest absolute Gasteiger partial charge is 0.340 e. The molecule has 0 N–H and O–H groups in total. The van der Waals surface area contributed by atoms with Gasteiger partial charge in [0.2, 0.25) is 15.9 Å². The first kappa shape index (κ1) is 20.1. The van der Waals surface area contributed by atoms with Gasteiger partial charge in [-0.05, 0) is 18.6 Å². The van der Waals surface area contributed by atoms with Crippen LogP contribution in [0.3, 0.4) is 0 Å². The summed E-state index contributed by atoms with van der Waals surface area (Å²) < 4.78 is 28.7. The van der Waals surface area contributed by atoms with E-state index in [-0.39, 0.29) is 33.9 Å². The number of nitrogens with zero attached hydrogens (tertiary/aromatic N) is 5. The molecule has 1 fully saturated rings. The van der Waals surface area contributed by atoms with Crippen molar-refractivity contribution in [3.63, 3.8) is 0 Å². The maximum absolute atomic E-state index is 12.8. The zero-order chi connectivity index (χ0) is 19.4. The first-order valence-electron chi connectivity index (χ1n) is 8.45. The standard InChI is InChI=1S/C16H19Cl2N5O3S/c17-13-3-1-4-14(18)16(13)27(25,26)23-11-9-21(10-12-23)15(24)5-2-7-22-8-6-19-20-22/h1,3-4,6,8H,2,5,7,9-12H2. The summed E-state index contributed by atoms with van der Waals surface area (Å²) in [4.78, 5) is 13.9. The van der Waals surface area contributed by atoms with Gasteiger partial charge in [-0.3, -0.25) is 9.48 Å². The summed E-state index contributed by atoms with van der Waals surface area (Å²) in [6.45, 7) is 1.70. The topological polar surface area (TPSA) is 88.4 Å². The van der Waals surface area contributed by atoms with Gasteiger partial charge in [0.05, 0.1) is 16.2 Å². The van der Waals surface area contributed by atoms with Gasteiger partial charge in [-0.2, -0.15) is 4.31 Å². The first-order chi connectivity index (χ1) is 12.9. The second kappa shape index (κ2) is 8.55. The molecule has 1 aromatic carbocycles. The predicted octanol–water partition coefficient (Wildman–Crippen LogP) is 1.90. The Kier molecular flexibility index (Phi) is 6.36. The Bertz CT molecular complexity index is 877. The van der Waals surface area contributed by atoms with Crippen LogP contribution in [0.2, 0.25) is 10.0 Å². The minimum atomic E-state index is -3.81. The summed E-state index contributed by atoms with van der Waals surface area (Å²) in [6, 6.07) is 4.59. The SMILES string of the molecule is O=C(CCCn1ccnn1)N1CCN(S(=O)(=O)c2c(Cl)cccc2Cl)CC1. The van der Waals surface area contributed by atoms with Crippen molar-refractivity contribution in [3.8, 4) is 0 Å². The first-order valence-corrected chi connectivity index (χ1v) is 10.7. The number of sulfonamides is 1. The van der Waals surface area contributed by atoms with E-state index in [2.05, 4.69) is 10.3 Å². The lowest BCUT2D eigenvalue weighted by atomic mass is 10.2. The molecule has 2 aromatic rings. The van der Waals surface area contributed by atoms with Crippen LogP contribution in [0.15, 0.2) is 35.5 Å². The van der Waals surface area contributed by atoms with E-state index in [1.54, 1.807) is 28.0 Å². The monoisotopic (exact) mass is 431 g/mol. The predicted molar refractivity (Wildman–Crippen MR) is 101 cm³/mol. The maximum atomic E-state index is 12.8. The van der Waals surface area contributed by atoms with E-state index in [0.717, 1.165) is 0 Å². The van der Waals surface area contributed by atoms with E-state index < -0.39 is 10.0 Å². The van der Waals surface area contributed by atoms with Gasteiger partial charge in [-0.25, -0.2) is 8.42 Å². The molecule has 1 amide bonds. The lowest BCUT2D eigenvalue weighted by molar-refractivity contribution is -0.132. The summed E-state index contributed by atoms with van der Waals surface area (Å²) in [5.41, 5.74) is 0. The fraction of sp³-hybridized carbons (Fsp3) is 0.438. The van der Waals surface area contributed by atoms with Crippen molar-refractivity contribution in [2.75, 3.05) is 26.2 Å². The smallest absolute Gasteiger partial charge is 0.246 e. The van der Waals surface area contributed by atoms with E-state index in [1.807, 2.05) is 0 Å². The van der Waals surface area contributed by atoms with Crippen LogP contribution in [0.5, 0.6) is 0 Å². The number of carbonyl (C=O) groups is 1. The van der Waals surface area contributed by atoms with Crippen LogP contribution in [-0.4, -0.2) is 64.7 Å². The molecule has 0 aliphatic carbocycles. The van der Waals surface area contributed by atoms with Gasteiger partial charge in [-0.15, -0.1) is 5.10 Å². The Morgan fingerprint density at radius 3 is 2.37 bits per heavy atom. The quantitative estimate of drug-likeness (QED) is 0.696. The molecular weight excluding hydrogens is 413 g/mol. The van der Waals surface area contributed by atoms with Crippen LogP contribution in [0.1, 0.15) is 12.8 Å². The van der Waals surface area contributed by atoms with E-state index in [9.17, 15) is 13.2 Å². The number of aryl methyl sites for hydroxylation is 1. The highest BCUT2D eigenvalue weighted by molar-refractivity contribution is 7.89. The van der Waals surface area contributed by atoms with Crippen molar-refractivity contribution in [1.29, 1.82) is 0 Å². The number of hydrogen-bond donors (Lipinski definition) is 0. The van der Waals surface area contributed by atoms with Crippen LogP contribution in [0, 0.1) is 0 Å². The molecule has 1 saturated heterocycles. The molecule has 8 nitrogen and oxygen atoms in total.